The number of hydrogen-bond donors (Lipinski definition) is 2. The van der Waals surface area contributed by atoms with Crippen molar-refractivity contribution >= 4 is 28.7 Å². The Kier molecular flexibility index (Phi) is 7.09. The van der Waals surface area contributed by atoms with Gasteiger partial charge >= 0.3 is 0 Å². The topological polar surface area (TPSA) is 105 Å². The van der Waals surface area contributed by atoms with Crippen molar-refractivity contribution in [3.8, 4) is 5.69 Å². The van der Waals surface area contributed by atoms with Crippen LogP contribution in [0.15, 0.2) is 35.3 Å². The highest BCUT2D eigenvalue weighted by molar-refractivity contribution is 5.99. The molecule has 1 fully saturated rings. The summed E-state index contributed by atoms with van der Waals surface area (Å²) in [5.74, 6) is -4.75. The van der Waals surface area contributed by atoms with Crippen LogP contribution in [0.1, 0.15) is 44.5 Å². The summed E-state index contributed by atoms with van der Waals surface area (Å²) in [5.41, 5.74) is -2.11. The molecule has 1 aromatic carbocycles. The third-order valence-corrected chi connectivity index (χ3v) is 6.42. The number of amides is 2. The van der Waals surface area contributed by atoms with Crippen LogP contribution in [-0.2, 0) is 4.79 Å². The third kappa shape index (κ3) is 4.95. The van der Waals surface area contributed by atoms with Crippen molar-refractivity contribution in [2.24, 2.45) is 11.8 Å². The van der Waals surface area contributed by atoms with Gasteiger partial charge < -0.3 is 10.4 Å². The fourth-order valence-electron chi connectivity index (χ4n) is 4.68. The summed E-state index contributed by atoms with van der Waals surface area (Å²) in [6.45, 7) is 7.60. The Morgan fingerprint density at radius 2 is 1.70 bits per heavy atom. The Bertz CT molecular complexity index is 1420. The molecule has 4 rings (SSSR count). The Balaban J connectivity index is 1.96. The molecule has 37 heavy (non-hydrogen) atoms. The van der Waals surface area contributed by atoms with Gasteiger partial charge in [0.1, 0.15) is 22.9 Å². The van der Waals surface area contributed by atoms with Gasteiger partial charge in [-0.3, -0.25) is 23.9 Å². The van der Waals surface area contributed by atoms with E-state index in [0.717, 1.165) is 10.8 Å². The maximum Gasteiger partial charge on any atom is 0.257 e. The second kappa shape index (κ2) is 9.97. The Labute approximate surface area is 210 Å². The average Bonchev–Trinajstić information content (AvgIpc) is 3.15. The van der Waals surface area contributed by atoms with Gasteiger partial charge in [-0.15, -0.1) is 0 Å². The molecule has 0 unspecified atom stereocenters. The van der Waals surface area contributed by atoms with E-state index in [1.165, 1.54) is 17.0 Å². The van der Waals surface area contributed by atoms with Crippen LogP contribution in [0, 0.1) is 29.3 Å². The first-order valence-corrected chi connectivity index (χ1v) is 11.9. The Morgan fingerprint density at radius 1 is 1.08 bits per heavy atom. The molecule has 196 valence electrons. The molecule has 1 aliphatic heterocycles. The number of halogens is 3. The van der Waals surface area contributed by atoms with E-state index < -0.39 is 46.5 Å². The van der Waals surface area contributed by atoms with Crippen LogP contribution in [0.5, 0.6) is 0 Å². The van der Waals surface area contributed by atoms with Crippen LogP contribution >= 0.6 is 0 Å². The fraction of sp³-hybridized carbons (Fsp3) is 0.385. The first kappa shape index (κ1) is 26.3. The molecule has 11 heteroatoms. The highest BCUT2D eigenvalue weighted by Gasteiger charge is 2.31. The fourth-order valence-corrected chi connectivity index (χ4v) is 4.68. The maximum absolute atomic E-state index is 14.9. The lowest BCUT2D eigenvalue weighted by Gasteiger charge is -2.26. The zero-order valence-electron chi connectivity index (χ0n) is 20.8. The van der Waals surface area contributed by atoms with E-state index in [9.17, 15) is 32.7 Å². The summed E-state index contributed by atoms with van der Waals surface area (Å²) in [5, 5.41) is 12.5. The standard InChI is InChI=1S/C26H27F3N4O4/c1-12(2)22(13(3)4)31-26(37)17-11-33(23-18(28)7-14(27)8-19(23)29)25-16(24(17)36)5-6-20(30-25)32-10-15(34)9-21(32)35/h5-8,11-13,15,22,34H,9-10H2,1-4H3,(H,31,37)/t15-/m0/s1. The SMILES string of the molecule is CC(C)C(NC(=O)c1cn(-c2c(F)cc(F)cc2F)c2nc(N3C[C@@H](O)CC3=O)ccc2c1=O)C(C)C. The number of β-amino-alcohol motifs (C(OH)–C–C–N with tert-alkyl or cyclic N) is 1. The number of rotatable bonds is 6. The molecule has 2 N–H and O–H groups in total. The molecule has 1 saturated heterocycles. The minimum absolute atomic E-state index is 0.0381. The summed E-state index contributed by atoms with van der Waals surface area (Å²) in [4.78, 5) is 44.4. The predicted molar refractivity (Wildman–Crippen MR) is 131 cm³/mol. The zero-order valence-corrected chi connectivity index (χ0v) is 20.8. The summed E-state index contributed by atoms with van der Waals surface area (Å²) in [7, 11) is 0. The number of pyridine rings is 2. The number of fused-ring (bicyclic) bond motifs is 1. The van der Waals surface area contributed by atoms with Crippen LogP contribution in [0.4, 0.5) is 19.0 Å². The lowest BCUT2D eigenvalue weighted by Crippen LogP contribution is -2.43. The second-order valence-electron chi connectivity index (χ2n) is 9.85. The average molecular weight is 517 g/mol. The summed E-state index contributed by atoms with van der Waals surface area (Å²) in [6, 6.07) is 3.31. The molecule has 1 aliphatic rings. The van der Waals surface area contributed by atoms with E-state index in [1.54, 1.807) is 0 Å². The zero-order chi connectivity index (χ0) is 27.2. The molecular formula is C26H27F3N4O4. The van der Waals surface area contributed by atoms with Crippen LogP contribution in [0.25, 0.3) is 16.7 Å². The third-order valence-electron chi connectivity index (χ3n) is 6.42. The number of aliphatic hydroxyl groups is 1. The van der Waals surface area contributed by atoms with E-state index in [-0.39, 0.29) is 53.3 Å². The molecular weight excluding hydrogens is 489 g/mol. The molecule has 0 radical (unpaired) electrons. The molecule has 1 atom stereocenters. The molecule has 3 heterocycles. The van der Waals surface area contributed by atoms with E-state index in [2.05, 4.69) is 10.3 Å². The van der Waals surface area contributed by atoms with Crippen molar-refractivity contribution in [1.29, 1.82) is 0 Å². The van der Waals surface area contributed by atoms with Crippen LogP contribution < -0.4 is 15.6 Å². The van der Waals surface area contributed by atoms with Crippen LogP contribution in [-0.4, -0.2) is 45.2 Å². The Hall–Kier alpha value is -3.73. The second-order valence-corrected chi connectivity index (χ2v) is 9.85. The Morgan fingerprint density at radius 3 is 2.24 bits per heavy atom. The lowest BCUT2D eigenvalue weighted by atomic mass is 9.93. The molecule has 0 saturated carbocycles. The largest absolute Gasteiger partial charge is 0.391 e. The number of nitrogens with one attached hydrogen (secondary N) is 1. The monoisotopic (exact) mass is 516 g/mol. The highest BCUT2D eigenvalue weighted by Crippen LogP contribution is 2.27. The minimum atomic E-state index is -1.28. The number of hydrogen-bond acceptors (Lipinski definition) is 5. The number of aliphatic hydroxyl groups excluding tert-OH is 1. The number of benzene rings is 1. The van der Waals surface area contributed by atoms with Crippen molar-refractivity contribution in [2.45, 2.75) is 46.3 Å². The van der Waals surface area contributed by atoms with E-state index in [0.29, 0.717) is 12.1 Å². The molecule has 2 amide bonds. The molecule has 2 aromatic heterocycles. The van der Waals surface area contributed by atoms with Gasteiger partial charge in [0, 0.05) is 24.4 Å². The van der Waals surface area contributed by atoms with Gasteiger partial charge in [-0.1, -0.05) is 27.7 Å². The van der Waals surface area contributed by atoms with Crippen molar-refractivity contribution in [3.63, 3.8) is 0 Å². The van der Waals surface area contributed by atoms with E-state index in [4.69, 9.17) is 0 Å². The molecule has 0 bridgehead atoms. The quantitative estimate of drug-likeness (QED) is 0.523. The van der Waals surface area contributed by atoms with Gasteiger partial charge in [-0.2, -0.15) is 0 Å². The summed E-state index contributed by atoms with van der Waals surface area (Å²) >= 11 is 0. The number of anilines is 1. The van der Waals surface area contributed by atoms with Gasteiger partial charge in [0.15, 0.2) is 17.3 Å². The number of nitrogens with zero attached hydrogens (tertiary/aromatic N) is 3. The predicted octanol–water partition coefficient (Wildman–Crippen LogP) is 3.31. The lowest BCUT2D eigenvalue weighted by molar-refractivity contribution is -0.117. The number of aromatic nitrogens is 2. The molecule has 3 aromatic rings. The van der Waals surface area contributed by atoms with E-state index >= 15 is 0 Å². The van der Waals surface area contributed by atoms with Crippen LogP contribution in [0.3, 0.4) is 0 Å². The van der Waals surface area contributed by atoms with Gasteiger partial charge in [-0.25, -0.2) is 18.2 Å². The maximum atomic E-state index is 14.9. The number of carbonyl (C=O) groups is 2. The first-order valence-electron chi connectivity index (χ1n) is 11.9. The molecule has 0 spiro atoms. The van der Waals surface area contributed by atoms with Crippen molar-refractivity contribution in [3.05, 3.63) is 63.7 Å². The normalized spacial score (nSPS) is 16.0. The van der Waals surface area contributed by atoms with Crippen LogP contribution in [0.2, 0.25) is 0 Å². The summed E-state index contributed by atoms with van der Waals surface area (Å²) in [6.07, 6.45) is -0.0750. The molecule has 0 aliphatic carbocycles. The smallest absolute Gasteiger partial charge is 0.257 e. The summed E-state index contributed by atoms with van der Waals surface area (Å²) < 4.78 is 44.3. The van der Waals surface area contributed by atoms with Gasteiger partial charge in [0.05, 0.1) is 24.5 Å². The highest BCUT2D eigenvalue weighted by atomic mass is 19.1. The van der Waals surface area contributed by atoms with Gasteiger partial charge in [0.2, 0.25) is 11.3 Å². The van der Waals surface area contributed by atoms with Crippen molar-refractivity contribution in [2.75, 3.05) is 11.4 Å². The van der Waals surface area contributed by atoms with Gasteiger partial charge in [0.25, 0.3) is 5.91 Å². The minimum Gasteiger partial charge on any atom is -0.391 e. The number of carbonyl (C=O) groups excluding carboxylic acids is 2. The van der Waals surface area contributed by atoms with Crippen molar-refractivity contribution < 1.29 is 27.9 Å². The molecule has 8 nitrogen and oxygen atoms in total. The first-order chi connectivity index (χ1) is 17.4. The van der Waals surface area contributed by atoms with Crippen molar-refractivity contribution in [1.82, 2.24) is 14.9 Å². The van der Waals surface area contributed by atoms with Gasteiger partial charge in [-0.05, 0) is 24.0 Å². The van der Waals surface area contributed by atoms with E-state index in [1.807, 2.05) is 27.7 Å².